The average molecular weight is 107 g/mol. The van der Waals surface area contributed by atoms with Crippen molar-refractivity contribution < 1.29 is 0 Å². The highest BCUT2D eigenvalue weighted by Gasteiger charge is 1.85. The Bertz CT molecular complexity index is 20.9. The zero-order chi connectivity index (χ0) is 4.28. The molecule has 0 saturated carbocycles. The molecule has 0 rings (SSSR count). The molecule has 0 bridgehead atoms. The molecule has 0 saturated heterocycles. The van der Waals surface area contributed by atoms with E-state index in [9.17, 15) is 0 Å². The van der Waals surface area contributed by atoms with Gasteiger partial charge in [-0.15, -0.1) is 0 Å². The van der Waals surface area contributed by atoms with Crippen LogP contribution in [0.25, 0.3) is 0 Å². The van der Waals surface area contributed by atoms with Crippen LogP contribution in [0.2, 0.25) is 5.54 Å². The molecule has 0 spiro atoms. The molecule has 0 aromatic rings. The average Bonchev–Trinajstić information content (AvgIpc) is 1.38. The van der Waals surface area contributed by atoms with E-state index < -0.39 is 0 Å². The predicted molar refractivity (Wildman–Crippen MR) is 26.7 cm³/mol. The van der Waals surface area contributed by atoms with E-state index in [1.165, 1.54) is 0 Å². The van der Waals surface area contributed by atoms with Crippen molar-refractivity contribution in [1.29, 1.82) is 0 Å². The van der Waals surface area contributed by atoms with Gasteiger partial charge in [0, 0.05) is 0 Å². The molecule has 0 aromatic heterocycles. The van der Waals surface area contributed by atoms with Crippen molar-refractivity contribution in [2.24, 2.45) is 0 Å². The minimum Gasteiger partial charge on any atom is -0.171 e. The maximum absolute atomic E-state index is 5.36. The lowest BCUT2D eigenvalue weighted by atomic mass is 10.6. The largest absolute Gasteiger partial charge is 0.174 e. The molecule has 2 radical (unpaired) electrons. The Morgan fingerprint density at radius 3 is 1.80 bits per heavy atom. The Hall–Kier alpha value is 0.507. The van der Waals surface area contributed by atoms with Crippen molar-refractivity contribution in [2.75, 3.05) is 0 Å². The summed E-state index contributed by atoms with van der Waals surface area (Å²) in [6.45, 7) is 4.21. The van der Waals surface area contributed by atoms with Gasteiger partial charge in [-0.2, -0.15) is 11.1 Å². The second-order valence-corrected chi connectivity index (χ2v) is 3.29. The number of hydrogen-bond acceptors (Lipinski definition) is 0. The molecule has 0 fully saturated rings. The van der Waals surface area contributed by atoms with Crippen LogP contribution in [0.15, 0.2) is 0 Å². The second-order valence-electron chi connectivity index (χ2n) is 1.26. The van der Waals surface area contributed by atoms with Crippen molar-refractivity contribution in [2.45, 2.75) is 19.4 Å². The predicted octanol–water partition coefficient (Wildman–Crippen LogP) is 1.67. The van der Waals surface area contributed by atoms with E-state index in [2.05, 4.69) is 13.8 Å². The molecular weight excluding hydrogens is 99.6 g/mol. The summed E-state index contributed by atoms with van der Waals surface area (Å²) in [5.41, 5.74) is 0.677. The first-order valence-corrected chi connectivity index (χ1v) is 3.72. The van der Waals surface area contributed by atoms with Crippen molar-refractivity contribution in [3.05, 3.63) is 0 Å². The molecular formula is C3H7ClSi. The van der Waals surface area contributed by atoms with Gasteiger partial charge in [0.25, 0.3) is 0 Å². The van der Waals surface area contributed by atoms with Crippen LogP contribution in [0.5, 0.6) is 0 Å². The fraction of sp³-hybridized carbons (Fsp3) is 1.00. The van der Waals surface area contributed by atoms with Gasteiger partial charge >= 0.3 is 0 Å². The topological polar surface area (TPSA) is 0 Å². The fourth-order valence-corrected chi connectivity index (χ4v) is 0. The van der Waals surface area contributed by atoms with E-state index in [0.29, 0.717) is 14.4 Å². The summed E-state index contributed by atoms with van der Waals surface area (Å²) in [6.07, 6.45) is 0. The molecule has 2 heteroatoms. The first-order valence-electron chi connectivity index (χ1n) is 1.63. The molecule has 0 unspecified atom stereocenters. The Labute approximate surface area is 40.1 Å². The van der Waals surface area contributed by atoms with E-state index in [0.717, 1.165) is 0 Å². The molecule has 0 N–H and O–H groups in total. The summed E-state index contributed by atoms with van der Waals surface area (Å²) in [6, 6.07) is 0. The lowest BCUT2D eigenvalue weighted by Crippen LogP contribution is -1.80. The quantitative estimate of drug-likeness (QED) is 0.353. The van der Waals surface area contributed by atoms with Crippen LogP contribution < -0.4 is 0 Å². The summed E-state index contributed by atoms with van der Waals surface area (Å²) in [5.74, 6) is 0. The third kappa shape index (κ3) is 4.51. The SMILES string of the molecule is CC(C)[Si]Cl. The minimum absolute atomic E-state index is 0.586. The van der Waals surface area contributed by atoms with Gasteiger partial charge in [-0.05, 0) is 5.54 Å². The summed E-state index contributed by atoms with van der Waals surface area (Å²) in [7, 11) is 0.586. The summed E-state index contributed by atoms with van der Waals surface area (Å²) < 4.78 is 0. The van der Waals surface area contributed by atoms with Gasteiger partial charge in [-0.1, -0.05) is 13.8 Å². The van der Waals surface area contributed by atoms with Crippen LogP contribution >= 0.6 is 11.1 Å². The molecule has 0 aliphatic carbocycles. The highest BCUT2D eigenvalue weighted by molar-refractivity contribution is 6.94. The van der Waals surface area contributed by atoms with Crippen LogP contribution in [-0.4, -0.2) is 8.83 Å². The normalized spacial score (nSPS) is 9.60. The smallest absolute Gasteiger partial charge is 0.171 e. The molecule has 5 heavy (non-hydrogen) atoms. The van der Waals surface area contributed by atoms with Crippen LogP contribution in [0.4, 0.5) is 0 Å². The molecule has 0 aliphatic heterocycles. The van der Waals surface area contributed by atoms with Crippen molar-refractivity contribution in [3.63, 3.8) is 0 Å². The third-order valence-electron chi connectivity index (χ3n) is 0.218. The van der Waals surface area contributed by atoms with Gasteiger partial charge in [0.15, 0.2) is 8.83 Å². The van der Waals surface area contributed by atoms with Gasteiger partial charge in [-0.3, -0.25) is 0 Å². The van der Waals surface area contributed by atoms with E-state index in [1.54, 1.807) is 0 Å². The van der Waals surface area contributed by atoms with E-state index >= 15 is 0 Å². The van der Waals surface area contributed by atoms with E-state index in [4.69, 9.17) is 11.1 Å². The monoisotopic (exact) mass is 106 g/mol. The number of halogens is 1. The lowest BCUT2D eigenvalue weighted by molar-refractivity contribution is 1.07. The first kappa shape index (κ1) is 5.51. The molecule has 0 nitrogen and oxygen atoms in total. The van der Waals surface area contributed by atoms with E-state index in [-0.39, 0.29) is 0 Å². The Morgan fingerprint density at radius 2 is 1.80 bits per heavy atom. The minimum atomic E-state index is 0.586. The molecule has 0 heterocycles. The van der Waals surface area contributed by atoms with Gasteiger partial charge in [0.1, 0.15) is 0 Å². The Balaban J connectivity index is 2.54. The maximum Gasteiger partial charge on any atom is 0.174 e. The Morgan fingerprint density at radius 1 is 1.60 bits per heavy atom. The first-order chi connectivity index (χ1) is 2.27. The molecule has 0 aliphatic rings. The summed E-state index contributed by atoms with van der Waals surface area (Å²) in [4.78, 5) is 0. The van der Waals surface area contributed by atoms with Gasteiger partial charge in [0.05, 0.1) is 0 Å². The maximum atomic E-state index is 5.36. The van der Waals surface area contributed by atoms with Crippen molar-refractivity contribution >= 4 is 19.9 Å². The molecule has 0 aromatic carbocycles. The number of rotatable bonds is 1. The highest BCUT2D eigenvalue weighted by atomic mass is 35.6. The van der Waals surface area contributed by atoms with Gasteiger partial charge < -0.3 is 0 Å². The van der Waals surface area contributed by atoms with E-state index in [1.807, 2.05) is 0 Å². The van der Waals surface area contributed by atoms with Gasteiger partial charge in [0.2, 0.25) is 0 Å². The molecule has 30 valence electrons. The fourth-order valence-electron chi connectivity index (χ4n) is 0. The third-order valence-corrected chi connectivity index (χ3v) is 1.96. The standard InChI is InChI=1S/C3H7ClSi/c1-3(2)5-4/h3H,1-2H3. The van der Waals surface area contributed by atoms with Crippen LogP contribution in [0.1, 0.15) is 13.8 Å². The molecule has 0 amide bonds. The van der Waals surface area contributed by atoms with Crippen molar-refractivity contribution in [1.82, 2.24) is 0 Å². The molecule has 0 atom stereocenters. The van der Waals surface area contributed by atoms with Crippen LogP contribution in [0, 0.1) is 0 Å². The second kappa shape index (κ2) is 2.73. The van der Waals surface area contributed by atoms with Crippen LogP contribution in [0.3, 0.4) is 0 Å². The highest BCUT2D eigenvalue weighted by Crippen LogP contribution is 1.96. The van der Waals surface area contributed by atoms with Gasteiger partial charge in [-0.25, -0.2) is 0 Å². The van der Waals surface area contributed by atoms with Crippen LogP contribution in [-0.2, 0) is 0 Å². The lowest BCUT2D eigenvalue weighted by Gasteiger charge is -1.85. The summed E-state index contributed by atoms with van der Waals surface area (Å²) >= 11 is 5.36. The summed E-state index contributed by atoms with van der Waals surface area (Å²) in [5, 5.41) is 0. The zero-order valence-corrected chi connectivity index (χ0v) is 5.21. The van der Waals surface area contributed by atoms with Crippen molar-refractivity contribution in [3.8, 4) is 0 Å². The number of hydrogen-bond donors (Lipinski definition) is 0. The zero-order valence-electron chi connectivity index (χ0n) is 3.46. The Kier molecular flexibility index (Phi) is 3.01.